The van der Waals surface area contributed by atoms with E-state index >= 15 is 0 Å². The Labute approximate surface area is 87.0 Å². The average molecular weight is 222 g/mol. The van der Waals surface area contributed by atoms with Crippen LogP contribution in [0.1, 0.15) is 9.75 Å². The van der Waals surface area contributed by atoms with E-state index in [1.165, 1.54) is 18.4 Å². The zero-order valence-corrected chi connectivity index (χ0v) is 8.82. The summed E-state index contributed by atoms with van der Waals surface area (Å²) in [5, 5.41) is 3.61. The lowest BCUT2D eigenvalue weighted by Crippen LogP contribution is -2.11. The maximum absolute atomic E-state index is 5.57. The van der Waals surface area contributed by atoms with E-state index in [4.69, 9.17) is 11.5 Å². The molecule has 1 aromatic rings. The molecule has 0 aromatic carbocycles. The Balaban J connectivity index is 0.00000144. The third-order valence-electron chi connectivity index (χ3n) is 1.30. The van der Waals surface area contributed by atoms with Gasteiger partial charge in [-0.15, -0.1) is 23.7 Å². The summed E-state index contributed by atoms with van der Waals surface area (Å²) >= 11 is 1.52. The predicted molar refractivity (Wildman–Crippen MR) is 57.2 cm³/mol. The predicted octanol–water partition coefficient (Wildman–Crippen LogP) is 0.895. The molecule has 0 spiro atoms. The molecule has 0 amide bonds. The molecule has 13 heavy (non-hydrogen) atoms. The molecule has 1 rings (SSSR count). The van der Waals surface area contributed by atoms with Crippen molar-refractivity contribution < 1.29 is 4.84 Å². The Bertz CT molecular complexity index is 287. The van der Waals surface area contributed by atoms with E-state index in [-0.39, 0.29) is 12.4 Å². The minimum atomic E-state index is 0. The van der Waals surface area contributed by atoms with Crippen LogP contribution in [0.3, 0.4) is 0 Å². The second kappa shape index (κ2) is 5.80. The first-order chi connectivity index (χ1) is 5.77. The zero-order valence-electron chi connectivity index (χ0n) is 7.19. The van der Waals surface area contributed by atoms with Gasteiger partial charge in [0, 0.05) is 11.4 Å². The van der Waals surface area contributed by atoms with Crippen molar-refractivity contribution in [1.29, 1.82) is 0 Å². The summed E-state index contributed by atoms with van der Waals surface area (Å²) in [6.07, 6.45) is 0. The summed E-state index contributed by atoms with van der Waals surface area (Å²) in [4.78, 5) is 6.51. The number of thiophene rings is 1. The minimum absolute atomic E-state index is 0. The Morgan fingerprint density at radius 3 is 2.77 bits per heavy atom. The van der Waals surface area contributed by atoms with Gasteiger partial charge in [0.25, 0.3) is 0 Å². The molecule has 0 atom stereocenters. The summed E-state index contributed by atoms with van der Waals surface area (Å²) in [6.45, 7) is 0.533. The van der Waals surface area contributed by atoms with Crippen LogP contribution in [0.25, 0.3) is 0 Å². The van der Waals surface area contributed by atoms with Crippen molar-refractivity contribution in [3.8, 4) is 0 Å². The van der Waals surface area contributed by atoms with E-state index in [2.05, 4.69) is 9.99 Å². The number of nitrogens with two attached hydrogens (primary N) is 2. The fraction of sp³-hybridized carbons (Fsp3) is 0.286. The molecule has 74 valence electrons. The van der Waals surface area contributed by atoms with Crippen LogP contribution in [-0.2, 0) is 11.4 Å². The molecule has 1 aromatic heterocycles. The maximum atomic E-state index is 5.57. The molecule has 0 radical (unpaired) electrons. The largest absolute Gasteiger partial charge is 0.397 e. The number of oxime groups is 1. The van der Waals surface area contributed by atoms with Gasteiger partial charge >= 0.3 is 0 Å². The van der Waals surface area contributed by atoms with Crippen molar-refractivity contribution in [2.75, 3.05) is 7.11 Å². The molecule has 0 bridgehead atoms. The van der Waals surface area contributed by atoms with Gasteiger partial charge in [-0.3, -0.25) is 0 Å². The van der Waals surface area contributed by atoms with Crippen molar-refractivity contribution >= 4 is 29.6 Å². The van der Waals surface area contributed by atoms with Crippen molar-refractivity contribution in [3.63, 3.8) is 0 Å². The number of halogens is 1. The van der Waals surface area contributed by atoms with Crippen LogP contribution in [0.5, 0.6) is 0 Å². The Morgan fingerprint density at radius 1 is 1.62 bits per heavy atom. The van der Waals surface area contributed by atoms with Gasteiger partial charge in [-0.05, 0) is 12.1 Å². The first-order valence-corrected chi connectivity index (χ1v) is 4.25. The van der Waals surface area contributed by atoms with Gasteiger partial charge < -0.3 is 16.3 Å². The Morgan fingerprint density at radius 2 is 2.31 bits per heavy atom. The van der Waals surface area contributed by atoms with Gasteiger partial charge in [-0.2, -0.15) is 0 Å². The van der Waals surface area contributed by atoms with Crippen LogP contribution >= 0.6 is 23.7 Å². The lowest BCUT2D eigenvalue weighted by atomic mass is 10.4. The summed E-state index contributed by atoms with van der Waals surface area (Å²) in [7, 11) is 1.46. The molecular formula is C7H12ClN3OS. The van der Waals surface area contributed by atoms with Gasteiger partial charge in [-0.25, -0.2) is 0 Å². The van der Waals surface area contributed by atoms with Crippen molar-refractivity contribution in [1.82, 2.24) is 0 Å². The number of nitrogens with zero attached hydrogens (tertiary/aromatic N) is 1. The van der Waals surface area contributed by atoms with Gasteiger partial charge in [0.15, 0.2) is 5.84 Å². The van der Waals surface area contributed by atoms with Gasteiger partial charge in [0.2, 0.25) is 0 Å². The number of amidine groups is 1. The molecule has 0 aliphatic carbocycles. The topological polar surface area (TPSA) is 73.6 Å². The standard InChI is InChI=1S/C7H11N3OS.ClH/c1-11-10-7(9)6-3-2-5(4-8)12-6;/h2-3H,4,8H2,1H3,(H2,9,10);1H. The highest BCUT2D eigenvalue weighted by atomic mass is 35.5. The lowest BCUT2D eigenvalue weighted by molar-refractivity contribution is 0.213. The molecule has 0 aliphatic rings. The van der Waals surface area contributed by atoms with Gasteiger partial charge in [0.1, 0.15) is 7.11 Å². The third kappa shape index (κ3) is 3.22. The lowest BCUT2D eigenvalue weighted by Gasteiger charge is -1.93. The van der Waals surface area contributed by atoms with Crippen LogP contribution in [0, 0.1) is 0 Å². The van der Waals surface area contributed by atoms with Crippen molar-refractivity contribution in [2.24, 2.45) is 16.6 Å². The Kier molecular flexibility index (Phi) is 5.45. The van der Waals surface area contributed by atoms with E-state index < -0.39 is 0 Å². The summed E-state index contributed by atoms with van der Waals surface area (Å²) in [6, 6.07) is 3.81. The van der Waals surface area contributed by atoms with Crippen LogP contribution in [-0.4, -0.2) is 12.9 Å². The smallest absolute Gasteiger partial charge is 0.180 e. The SMILES string of the molecule is CON=C(N)c1ccc(CN)s1.Cl. The van der Waals surface area contributed by atoms with Crippen molar-refractivity contribution in [2.45, 2.75) is 6.54 Å². The maximum Gasteiger partial charge on any atom is 0.180 e. The fourth-order valence-electron chi connectivity index (χ4n) is 0.769. The first kappa shape index (κ1) is 12.2. The second-order valence-electron chi connectivity index (χ2n) is 2.13. The number of rotatable bonds is 3. The second-order valence-corrected chi connectivity index (χ2v) is 3.30. The summed E-state index contributed by atoms with van der Waals surface area (Å²) in [5.41, 5.74) is 11.0. The first-order valence-electron chi connectivity index (χ1n) is 3.43. The van der Waals surface area contributed by atoms with E-state index in [1.807, 2.05) is 12.1 Å². The summed E-state index contributed by atoms with van der Waals surface area (Å²) < 4.78 is 0. The molecule has 0 saturated heterocycles. The van der Waals surface area contributed by atoms with E-state index in [1.54, 1.807) is 0 Å². The highest BCUT2D eigenvalue weighted by Crippen LogP contribution is 2.15. The number of hydrogen-bond donors (Lipinski definition) is 2. The average Bonchev–Trinajstić information content (AvgIpc) is 2.52. The molecule has 1 heterocycles. The zero-order chi connectivity index (χ0) is 8.97. The molecule has 0 aliphatic heterocycles. The molecule has 4 nitrogen and oxygen atoms in total. The molecule has 4 N–H and O–H groups in total. The normalized spacial score (nSPS) is 10.8. The molecule has 0 fully saturated rings. The van der Waals surface area contributed by atoms with Gasteiger partial charge in [-0.1, -0.05) is 5.16 Å². The van der Waals surface area contributed by atoms with Gasteiger partial charge in [0.05, 0.1) is 4.88 Å². The highest BCUT2D eigenvalue weighted by molar-refractivity contribution is 7.14. The van der Waals surface area contributed by atoms with Crippen LogP contribution in [0.4, 0.5) is 0 Å². The summed E-state index contributed by atoms with van der Waals surface area (Å²) in [5.74, 6) is 0.391. The monoisotopic (exact) mass is 221 g/mol. The van der Waals surface area contributed by atoms with Crippen LogP contribution in [0.2, 0.25) is 0 Å². The van der Waals surface area contributed by atoms with E-state index in [0.717, 1.165) is 9.75 Å². The van der Waals surface area contributed by atoms with Crippen molar-refractivity contribution in [3.05, 3.63) is 21.9 Å². The molecule has 6 heteroatoms. The quantitative estimate of drug-likeness (QED) is 0.453. The van der Waals surface area contributed by atoms with Crippen LogP contribution in [0.15, 0.2) is 17.3 Å². The van der Waals surface area contributed by atoms with Crippen LogP contribution < -0.4 is 11.5 Å². The molecule has 0 unspecified atom stereocenters. The Hall–Kier alpha value is -0.780. The van der Waals surface area contributed by atoms with E-state index in [9.17, 15) is 0 Å². The minimum Gasteiger partial charge on any atom is -0.397 e. The highest BCUT2D eigenvalue weighted by Gasteiger charge is 2.02. The molecule has 0 saturated carbocycles. The molecular weight excluding hydrogens is 210 g/mol. The number of hydrogen-bond acceptors (Lipinski definition) is 4. The third-order valence-corrected chi connectivity index (χ3v) is 2.43. The fourth-order valence-corrected chi connectivity index (χ4v) is 1.55. The van der Waals surface area contributed by atoms with E-state index in [0.29, 0.717) is 12.4 Å².